The molecule has 0 spiro atoms. The molecule has 3 rings (SSSR count). The lowest BCUT2D eigenvalue weighted by molar-refractivity contribution is -0.122. The van der Waals surface area contributed by atoms with Crippen LogP contribution in [0.3, 0.4) is 0 Å². The van der Waals surface area contributed by atoms with Crippen LogP contribution in [0.1, 0.15) is 41.1 Å². The molecule has 1 aromatic carbocycles. The zero-order valence-electron chi connectivity index (χ0n) is 12.2. The molecule has 1 aliphatic carbocycles. The van der Waals surface area contributed by atoms with Gasteiger partial charge in [0.25, 0.3) is 0 Å². The van der Waals surface area contributed by atoms with Crippen LogP contribution in [0.15, 0.2) is 24.3 Å². The van der Waals surface area contributed by atoms with Gasteiger partial charge in [0.1, 0.15) is 6.17 Å². The number of hydrogen-bond acceptors (Lipinski definition) is 3. The fourth-order valence-electron chi connectivity index (χ4n) is 3.17. The Kier molecular flexibility index (Phi) is 5.53. The van der Waals surface area contributed by atoms with Gasteiger partial charge in [0.05, 0.1) is 5.92 Å². The minimum Gasteiger partial charge on any atom is -0.354 e. The molecule has 0 saturated carbocycles. The topological polar surface area (TPSA) is 58.2 Å². The van der Waals surface area contributed by atoms with Crippen LogP contribution in [0.4, 0.5) is 4.39 Å². The lowest BCUT2D eigenvalue weighted by Crippen LogP contribution is -2.40. The second-order valence-corrected chi connectivity index (χ2v) is 5.78. The number of ketones is 1. The molecule has 0 aromatic heterocycles. The first-order valence-electron chi connectivity index (χ1n) is 7.42. The van der Waals surface area contributed by atoms with Gasteiger partial charge >= 0.3 is 0 Å². The zero-order valence-corrected chi connectivity index (χ0v) is 13.0. The number of alkyl halides is 1. The lowest BCUT2D eigenvalue weighted by Gasteiger charge is -2.24. The number of amides is 1. The maximum atomic E-state index is 13.1. The Morgan fingerprint density at radius 2 is 2.14 bits per heavy atom. The quantitative estimate of drug-likeness (QED) is 0.893. The van der Waals surface area contributed by atoms with E-state index >= 15 is 0 Å². The Morgan fingerprint density at radius 3 is 2.86 bits per heavy atom. The SMILES string of the molecule is Cl.O=C1CCC(C(=O)NC[C@@H]2C[C@H](F)CN2)c2ccccc21. The van der Waals surface area contributed by atoms with Gasteiger partial charge in [-0.3, -0.25) is 9.59 Å². The first kappa shape index (κ1) is 16.9. The van der Waals surface area contributed by atoms with Crippen molar-refractivity contribution in [2.45, 2.75) is 37.4 Å². The first-order valence-corrected chi connectivity index (χ1v) is 7.42. The van der Waals surface area contributed by atoms with E-state index in [-0.39, 0.29) is 36.1 Å². The average Bonchev–Trinajstić information content (AvgIpc) is 2.91. The number of Topliss-reactive ketones (excluding diaryl/α,β-unsaturated/α-hetero) is 1. The maximum absolute atomic E-state index is 13.1. The Bertz CT molecular complexity index is 567. The molecule has 1 aromatic rings. The third-order valence-electron chi connectivity index (χ3n) is 4.30. The summed E-state index contributed by atoms with van der Waals surface area (Å²) in [5.41, 5.74) is 1.47. The van der Waals surface area contributed by atoms with Crippen LogP contribution in [-0.4, -0.2) is 37.0 Å². The van der Waals surface area contributed by atoms with Crippen LogP contribution in [0.5, 0.6) is 0 Å². The van der Waals surface area contributed by atoms with Gasteiger partial charge in [-0.25, -0.2) is 4.39 Å². The number of benzene rings is 1. The lowest BCUT2D eigenvalue weighted by atomic mass is 9.81. The second-order valence-electron chi connectivity index (χ2n) is 5.78. The van der Waals surface area contributed by atoms with Crippen molar-refractivity contribution in [3.8, 4) is 0 Å². The highest BCUT2D eigenvalue weighted by molar-refractivity contribution is 6.01. The molecule has 1 heterocycles. The van der Waals surface area contributed by atoms with E-state index < -0.39 is 6.17 Å². The minimum atomic E-state index is -0.820. The number of fused-ring (bicyclic) bond motifs is 1. The van der Waals surface area contributed by atoms with Gasteiger partial charge in [0.15, 0.2) is 5.78 Å². The number of halogens is 2. The van der Waals surface area contributed by atoms with E-state index in [1.807, 2.05) is 18.2 Å². The van der Waals surface area contributed by atoms with Gasteiger partial charge in [0, 0.05) is 31.1 Å². The van der Waals surface area contributed by atoms with Crippen molar-refractivity contribution < 1.29 is 14.0 Å². The van der Waals surface area contributed by atoms with Gasteiger partial charge in [-0.05, 0) is 18.4 Å². The van der Waals surface area contributed by atoms with E-state index in [9.17, 15) is 14.0 Å². The molecule has 4 nitrogen and oxygen atoms in total. The summed E-state index contributed by atoms with van der Waals surface area (Å²) in [6.07, 6.45) is 0.578. The van der Waals surface area contributed by atoms with Crippen molar-refractivity contribution in [1.29, 1.82) is 0 Å². The van der Waals surface area contributed by atoms with Gasteiger partial charge < -0.3 is 10.6 Å². The molecule has 1 amide bonds. The Balaban J connectivity index is 0.00000176. The Morgan fingerprint density at radius 1 is 1.36 bits per heavy atom. The third-order valence-corrected chi connectivity index (χ3v) is 4.30. The summed E-state index contributed by atoms with van der Waals surface area (Å²) >= 11 is 0. The normalized spacial score (nSPS) is 27.0. The summed E-state index contributed by atoms with van der Waals surface area (Å²) in [7, 11) is 0. The number of rotatable bonds is 3. The van der Waals surface area contributed by atoms with Crippen molar-refractivity contribution in [3.05, 3.63) is 35.4 Å². The Labute approximate surface area is 135 Å². The van der Waals surface area contributed by atoms with Gasteiger partial charge in [-0.2, -0.15) is 0 Å². The fourth-order valence-corrected chi connectivity index (χ4v) is 3.17. The van der Waals surface area contributed by atoms with E-state index in [4.69, 9.17) is 0 Å². The molecule has 120 valence electrons. The van der Waals surface area contributed by atoms with Crippen molar-refractivity contribution in [2.24, 2.45) is 0 Å². The molecule has 22 heavy (non-hydrogen) atoms. The highest BCUT2D eigenvalue weighted by Gasteiger charge is 2.31. The van der Waals surface area contributed by atoms with Crippen molar-refractivity contribution >= 4 is 24.1 Å². The van der Waals surface area contributed by atoms with Crippen molar-refractivity contribution in [3.63, 3.8) is 0 Å². The minimum absolute atomic E-state index is 0. The van der Waals surface area contributed by atoms with Crippen molar-refractivity contribution in [1.82, 2.24) is 10.6 Å². The van der Waals surface area contributed by atoms with Crippen molar-refractivity contribution in [2.75, 3.05) is 13.1 Å². The molecule has 1 saturated heterocycles. The summed E-state index contributed by atoms with van der Waals surface area (Å²) < 4.78 is 13.1. The van der Waals surface area contributed by atoms with Crippen LogP contribution < -0.4 is 10.6 Å². The monoisotopic (exact) mass is 326 g/mol. The molecule has 6 heteroatoms. The Hall–Kier alpha value is -1.46. The number of hydrogen-bond donors (Lipinski definition) is 2. The van der Waals surface area contributed by atoms with Crippen LogP contribution >= 0.6 is 12.4 Å². The molecular weight excluding hydrogens is 307 g/mol. The summed E-state index contributed by atoms with van der Waals surface area (Å²) in [5, 5.41) is 5.94. The second kappa shape index (κ2) is 7.20. The summed E-state index contributed by atoms with van der Waals surface area (Å²) in [6, 6.07) is 7.31. The van der Waals surface area contributed by atoms with Crippen LogP contribution in [0.25, 0.3) is 0 Å². The summed E-state index contributed by atoms with van der Waals surface area (Å²) in [6.45, 7) is 0.799. The average molecular weight is 327 g/mol. The van der Waals surface area contributed by atoms with Crippen LogP contribution in [0, 0.1) is 0 Å². The molecule has 3 atom stereocenters. The third kappa shape index (κ3) is 3.47. The van der Waals surface area contributed by atoms with Crippen LogP contribution in [0.2, 0.25) is 0 Å². The molecule has 1 fully saturated rings. The predicted octanol–water partition coefficient (Wildman–Crippen LogP) is 1.98. The van der Waals surface area contributed by atoms with E-state index in [1.54, 1.807) is 6.07 Å². The molecule has 2 aliphatic rings. The number of carbonyl (C=O) groups is 2. The van der Waals surface area contributed by atoms with E-state index in [0.29, 0.717) is 37.9 Å². The fraction of sp³-hybridized carbons (Fsp3) is 0.500. The first-order chi connectivity index (χ1) is 10.1. The largest absolute Gasteiger partial charge is 0.354 e. The standard InChI is InChI=1S/C16H19FN2O2.ClH/c17-10-7-11(18-8-10)9-19-16(21)14-5-6-15(20)13-4-2-1-3-12(13)14;/h1-4,10-11,14,18H,5-9H2,(H,19,21);1H/t10-,11-,14?;/m0./s1. The predicted molar refractivity (Wildman–Crippen MR) is 84.3 cm³/mol. The summed E-state index contributed by atoms with van der Waals surface area (Å²) in [4.78, 5) is 24.2. The zero-order chi connectivity index (χ0) is 14.8. The molecule has 0 radical (unpaired) electrons. The molecule has 1 unspecified atom stereocenters. The number of nitrogens with one attached hydrogen (secondary N) is 2. The highest BCUT2D eigenvalue weighted by atomic mass is 35.5. The molecule has 2 N–H and O–H groups in total. The van der Waals surface area contributed by atoms with E-state index in [1.165, 1.54) is 0 Å². The van der Waals surface area contributed by atoms with Gasteiger partial charge in [-0.1, -0.05) is 24.3 Å². The van der Waals surface area contributed by atoms with Gasteiger partial charge in [0.2, 0.25) is 5.91 Å². The molecule has 0 bridgehead atoms. The highest BCUT2D eigenvalue weighted by Crippen LogP contribution is 2.31. The van der Waals surface area contributed by atoms with E-state index in [0.717, 1.165) is 5.56 Å². The van der Waals surface area contributed by atoms with Crippen LogP contribution in [-0.2, 0) is 4.79 Å². The molecule has 1 aliphatic heterocycles. The smallest absolute Gasteiger partial charge is 0.227 e. The summed E-state index contributed by atoms with van der Waals surface area (Å²) in [5.74, 6) is -0.243. The maximum Gasteiger partial charge on any atom is 0.227 e. The number of carbonyl (C=O) groups excluding carboxylic acids is 2. The molecular formula is C16H20ClFN2O2. The van der Waals surface area contributed by atoms with Gasteiger partial charge in [-0.15, -0.1) is 12.4 Å². The van der Waals surface area contributed by atoms with E-state index in [2.05, 4.69) is 10.6 Å².